The molecule has 5 nitrogen and oxygen atoms in total. The van der Waals surface area contributed by atoms with Crippen molar-refractivity contribution in [3.8, 4) is 0 Å². The molecule has 1 saturated carbocycles. The van der Waals surface area contributed by atoms with Crippen molar-refractivity contribution in [3.63, 3.8) is 0 Å². The molecule has 0 spiro atoms. The Bertz CT molecular complexity index is 785. The molecule has 2 heterocycles. The van der Waals surface area contributed by atoms with E-state index in [1.54, 1.807) is 6.07 Å². The molecule has 1 saturated heterocycles. The van der Waals surface area contributed by atoms with E-state index in [4.69, 9.17) is 4.42 Å². The Balaban J connectivity index is 1.54. The normalized spacial score (nSPS) is 22.3. The predicted molar refractivity (Wildman–Crippen MR) is 91.8 cm³/mol. The van der Waals surface area contributed by atoms with Crippen molar-refractivity contribution in [2.75, 3.05) is 6.54 Å². The molecule has 1 amide bonds. The van der Waals surface area contributed by atoms with Gasteiger partial charge in [-0.25, -0.2) is 4.79 Å². The number of hydrogen-bond donors (Lipinski definition) is 0. The fourth-order valence-corrected chi connectivity index (χ4v) is 4.50. The summed E-state index contributed by atoms with van der Waals surface area (Å²) in [5.74, 6) is 0.248. The molecule has 1 atom stereocenters. The van der Waals surface area contributed by atoms with Crippen LogP contribution in [-0.2, 0) is 11.3 Å². The molecule has 1 aromatic carbocycles. The van der Waals surface area contributed by atoms with E-state index in [-0.39, 0.29) is 12.5 Å². The van der Waals surface area contributed by atoms with Crippen LogP contribution in [0.4, 0.5) is 0 Å². The molecule has 1 aromatic heterocycles. The van der Waals surface area contributed by atoms with E-state index in [0.717, 1.165) is 19.4 Å². The summed E-state index contributed by atoms with van der Waals surface area (Å²) in [5.41, 5.74) is 1.24. The first-order valence-electron chi connectivity index (χ1n) is 9.12. The Morgan fingerprint density at radius 2 is 1.88 bits per heavy atom. The molecule has 2 aliphatic rings. The summed E-state index contributed by atoms with van der Waals surface area (Å²) in [5, 5.41) is 0. The number of hydrogen-bond acceptors (Lipinski definition) is 3. The lowest BCUT2D eigenvalue weighted by Crippen LogP contribution is -2.43. The number of rotatable bonds is 3. The van der Waals surface area contributed by atoms with Crippen molar-refractivity contribution in [3.05, 3.63) is 34.8 Å². The minimum Gasteiger partial charge on any atom is -0.408 e. The molecule has 5 heteroatoms. The number of aromatic nitrogens is 1. The highest BCUT2D eigenvalue weighted by Gasteiger charge is 2.35. The Hall–Kier alpha value is -2.04. The fraction of sp³-hybridized carbons (Fsp3) is 0.579. The van der Waals surface area contributed by atoms with Gasteiger partial charge in [0.05, 0.1) is 5.52 Å². The van der Waals surface area contributed by atoms with Gasteiger partial charge in [0, 0.05) is 12.6 Å². The van der Waals surface area contributed by atoms with Crippen molar-refractivity contribution < 1.29 is 9.21 Å². The van der Waals surface area contributed by atoms with Gasteiger partial charge in [0.2, 0.25) is 5.91 Å². The maximum Gasteiger partial charge on any atom is 0.420 e. The number of likely N-dealkylation sites (tertiary alicyclic amines) is 1. The van der Waals surface area contributed by atoms with Crippen LogP contribution in [0.2, 0.25) is 0 Å². The third kappa shape index (κ3) is 2.76. The maximum absolute atomic E-state index is 12.9. The van der Waals surface area contributed by atoms with Crippen LogP contribution < -0.4 is 5.76 Å². The van der Waals surface area contributed by atoms with Crippen LogP contribution in [0.25, 0.3) is 11.1 Å². The Labute approximate surface area is 141 Å². The number of carbonyl (C=O) groups is 1. The van der Waals surface area contributed by atoms with Gasteiger partial charge in [-0.15, -0.1) is 0 Å². The molecule has 2 aromatic rings. The number of nitrogens with zero attached hydrogens (tertiary/aromatic N) is 2. The molecule has 1 aliphatic heterocycles. The van der Waals surface area contributed by atoms with E-state index in [0.29, 0.717) is 23.1 Å². The van der Waals surface area contributed by atoms with Gasteiger partial charge in [-0.2, -0.15) is 0 Å². The first-order chi connectivity index (χ1) is 11.7. The third-order valence-corrected chi connectivity index (χ3v) is 5.68. The van der Waals surface area contributed by atoms with Gasteiger partial charge in [-0.1, -0.05) is 31.4 Å². The zero-order valence-electron chi connectivity index (χ0n) is 13.9. The second-order valence-corrected chi connectivity index (χ2v) is 7.12. The second kappa shape index (κ2) is 6.46. The molecule has 0 radical (unpaired) electrons. The zero-order chi connectivity index (χ0) is 16.5. The lowest BCUT2D eigenvalue weighted by Gasteiger charge is -2.34. The Morgan fingerprint density at radius 3 is 2.71 bits per heavy atom. The number of amides is 1. The number of fused-ring (bicyclic) bond motifs is 1. The maximum atomic E-state index is 12.9. The summed E-state index contributed by atoms with van der Waals surface area (Å²) in [4.78, 5) is 27.0. The monoisotopic (exact) mass is 328 g/mol. The fourth-order valence-electron chi connectivity index (χ4n) is 4.50. The third-order valence-electron chi connectivity index (χ3n) is 5.68. The van der Waals surface area contributed by atoms with Gasteiger partial charge in [-0.05, 0) is 43.7 Å². The molecule has 4 rings (SSSR count). The molecular formula is C19H24N2O3. The molecule has 24 heavy (non-hydrogen) atoms. The van der Waals surface area contributed by atoms with Crippen molar-refractivity contribution in [2.45, 2.75) is 57.5 Å². The molecular weight excluding hydrogens is 304 g/mol. The van der Waals surface area contributed by atoms with Crippen molar-refractivity contribution in [1.29, 1.82) is 0 Å². The smallest absolute Gasteiger partial charge is 0.408 e. The van der Waals surface area contributed by atoms with Gasteiger partial charge in [0.15, 0.2) is 5.58 Å². The first kappa shape index (κ1) is 15.5. The Morgan fingerprint density at radius 1 is 1.08 bits per heavy atom. The zero-order valence-corrected chi connectivity index (χ0v) is 13.9. The largest absolute Gasteiger partial charge is 0.420 e. The van der Waals surface area contributed by atoms with E-state index in [1.807, 2.05) is 23.1 Å². The quantitative estimate of drug-likeness (QED) is 0.869. The van der Waals surface area contributed by atoms with E-state index in [2.05, 4.69) is 0 Å². The standard InChI is InChI=1S/C19H24N2O3/c22-18(13-21-16-9-4-5-11-17(16)24-19(21)23)20-12-6-10-15(20)14-7-2-1-3-8-14/h4-5,9,11,14-15H,1-3,6-8,10,12-13H2/t15-/m1/s1. The summed E-state index contributed by atoms with van der Waals surface area (Å²) >= 11 is 0. The minimum absolute atomic E-state index is 0.0525. The van der Waals surface area contributed by atoms with Crippen LogP contribution >= 0.6 is 0 Å². The summed E-state index contributed by atoms with van der Waals surface area (Å²) in [6.07, 6.45) is 8.56. The topological polar surface area (TPSA) is 55.5 Å². The van der Waals surface area contributed by atoms with Crippen LogP contribution in [0, 0.1) is 5.92 Å². The number of carbonyl (C=O) groups excluding carboxylic acids is 1. The average Bonchev–Trinajstić information content (AvgIpc) is 3.21. The molecule has 0 N–H and O–H groups in total. The van der Waals surface area contributed by atoms with Crippen LogP contribution in [0.1, 0.15) is 44.9 Å². The summed E-state index contributed by atoms with van der Waals surface area (Å²) in [6.45, 7) is 0.906. The van der Waals surface area contributed by atoms with Crippen LogP contribution in [0.5, 0.6) is 0 Å². The van der Waals surface area contributed by atoms with E-state index in [1.165, 1.54) is 36.7 Å². The van der Waals surface area contributed by atoms with Gasteiger partial charge in [0.25, 0.3) is 0 Å². The molecule has 0 bridgehead atoms. The predicted octanol–water partition coefficient (Wildman–Crippen LogP) is 3.17. The van der Waals surface area contributed by atoms with Gasteiger partial charge < -0.3 is 9.32 Å². The second-order valence-electron chi connectivity index (χ2n) is 7.12. The average molecular weight is 328 g/mol. The summed E-state index contributed by atoms with van der Waals surface area (Å²) in [6, 6.07) is 7.65. The van der Waals surface area contributed by atoms with Crippen LogP contribution in [-0.4, -0.2) is 28.0 Å². The molecule has 1 aliphatic carbocycles. The molecule has 2 fully saturated rings. The highest BCUT2D eigenvalue weighted by atomic mass is 16.4. The lowest BCUT2D eigenvalue weighted by atomic mass is 9.83. The molecule has 0 unspecified atom stereocenters. The number of benzene rings is 1. The van der Waals surface area contributed by atoms with E-state index < -0.39 is 5.76 Å². The van der Waals surface area contributed by atoms with Crippen LogP contribution in [0.15, 0.2) is 33.5 Å². The number of oxazole rings is 1. The van der Waals surface area contributed by atoms with Gasteiger partial charge >= 0.3 is 5.76 Å². The molecule has 128 valence electrons. The van der Waals surface area contributed by atoms with E-state index in [9.17, 15) is 9.59 Å². The van der Waals surface area contributed by atoms with Gasteiger partial charge in [-0.3, -0.25) is 9.36 Å². The van der Waals surface area contributed by atoms with Crippen molar-refractivity contribution >= 4 is 17.0 Å². The minimum atomic E-state index is -0.446. The first-order valence-corrected chi connectivity index (χ1v) is 9.12. The van der Waals surface area contributed by atoms with Crippen molar-refractivity contribution in [2.24, 2.45) is 5.92 Å². The SMILES string of the molecule is O=C(Cn1c(=O)oc2ccccc21)N1CCC[C@@H]1C1CCCCC1. The highest BCUT2D eigenvalue weighted by Crippen LogP contribution is 2.34. The lowest BCUT2D eigenvalue weighted by molar-refractivity contribution is -0.133. The Kier molecular flexibility index (Phi) is 4.17. The van der Waals surface area contributed by atoms with E-state index >= 15 is 0 Å². The number of para-hydroxylation sites is 2. The highest BCUT2D eigenvalue weighted by molar-refractivity contribution is 5.80. The summed E-state index contributed by atoms with van der Waals surface area (Å²) < 4.78 is 6.71. The van der Waals surface area contributed by atoms with Crippen LogP contribution in [0.3, 0.4) is 0 Å². The summed E-state index contributed by atoms with van der Waals surface area (Å²) in [7, 11) is 0. The van der Waals surface area contributed by atoms with Crippen molar-refractivity contribution in [1.82, 2.24) is 9.47 Å². The van der Waals surface area contributed by atoms with Gasteiger partial charge in [0.1, 0.15) is 6.54 Å².